The van der Waals surface area contributed by atoms with Gasteiger partial charge >= 0.3 is 12.1 Å². The molecule has 12 heteroatoms. The SMILES string of the molecule is COC(=O)C12CC3CC(CC(NC(=O)[C@H](Cc4ccccc4)NC(=O)CNC(=O)[C@@H](CCSC)NC(=O)OC(C)(C)C)(C3)C1)C2. The van der Waals surface area contributed by atoms with Gasteiger partial charge in [-0.05, 0) is 95.1 Å². The molecule has 0 heterocycles. The number of esters is 1. The van der Waals surface area contributed by atoms with E-state index in [2.05, 4.69) is 21.3 Å². The number of rotatable bonds is 13. The van der Waals surface area contributed by atoms with E-state index < -0.39 is 46.5 Å². The summed E-state index contributed by atoms with van der Waals surface area (Å²) in [6.07, 6.45) is 6.57. The lowest BCUT2D eigenvalue weighted by Crippen LogP contribution is -2.66. The Labute approximate surface area is 270 Å². The number of benzene rings is 1. The fourth-order valence-corrected chi connectivity index (χ4v) is 8.23. The summed E-state index contributed by atoms with van der Waals surface area (Å²) in [5.74, 6) is -0.262. The molecule has 1 aromatic carbocycles. The Morgan fingerprint density at radius 1 is 0.956 bits per heavy atom. The van der Waals surface area contributed by atoms with Crippen LogP contribution in [0.25, 0.3) is 0 Å². The minimum Gasteiger partial charge on any atom is -0.469 e. The smallest absolute Gasteiger partial charge is 0.408 e. The zero-order valence-corrected chi connectivity index (χ0v) is 27.8. The molecule has 4 bridgehead atoms. The number of thioether (sulfide) groups is 1. The van der Waals surface area contributed by atoms with E-state index in [0.717, 1.165) is 37.7 Å². The Morgan fingerprint density at radius 2 is 1.62 bits per heavy atom. The molecule has 4 atom stereocenters. The first-order valence-corrected chi connectivity index (χ1v) is 17.1. The molecule has 4 aliphatic rings. The van der Waals surface area contributed by atoms with E-state index in [1.807, 2.05) is 36.6 Å². The van der Waals surface area contributed by atoms with Crippen LogP contribution in [0.1, 0.15) is 71.3 Å². The fraction of sp³-hybridized carbons (Fsp3) is 0.667. The number of hydrogen-bond acceptors (Lipinski definition) is 8. The summed E-state index contributed by atoms with van der Waals surface area (Å²) in [6, 6.07) is 7.63. The van der Waals surface area contributed by atoms with E-state index >= 15 is 0 Å². The topological polar surface area (TPSA) is 152 Å². The lowest BCUT2D eigenvalue weighted by molar-refractivity contribution is -0.173. The van der Waals surface area contributed by atoms with Gasteiger partial charge in [-0.3, -0.25) is 19.2 Å². The molecule has 45 heavy (non-hydrogen) atoms. The third kappa shape index (κ3) is 9.14. The molecule has 248 valence electrons. The highest BCUT2D eigenvalue weighted by Crippen LogP contribution is 2.62. The summed E-state index contributed by atoms with van der Waals surface area (Å²) < 4.78 is 10.5. The summed E-state index contributed by atoms with van der Waals surface area (Å²) in [6.45, 7) is 4.83. The van der Waals surface area contributed by atoms with Crippen molar-refractivity contribution >= 4 is 41.5 Å². The van der Waals surface area contributed by atoms with E-state index in [0.29, 0.717) is 30.4 Å². The van der Waals surface area contributed by atoms with Crippen molar-refractivity contribution in [3.05, 3.63) is 35.9 Å². The Balaban J connectivity index is 1.42. The second-order valence-corrected chi connectivity index (χ2v) is 15.0. The number of hydrogen-bond donors (Lipinski definition) is 4. The van der Waals surface area contributed by atoms with E-state index in [9.17, 15) is 24.0 Å². The van der Waals surface area contributed by atoms with Gasteiger partial charge in [0.2, 0.25) is 17.7 Å². The minimum atomic E-state index is -0.897. The van der Waals surface area contributed by atoms with Crippen molar-refractivity contribution in [1.82, 2.24) is 21.3 Å². The molecule has 5 rings (SSSR count). The van der Waals surface area contributed by atoms with Gasteiger partial charge in [-0.25, -0.2) is 4.79 Å². The van der Waals surface area contributed by atoms with Crippen LogP contribution >= 0.6 is 11.8 Å². The van der Waals surface area contributed by atoms with Crippen molar-refractivity contribution in [3.8, 4) is 0 Å². The molecule has 1 aromatic rings. The van der Waals surface area contributed by atoms with Crippen LogP contribution in [-0.4, -0.2) is 78.7 Å². The Kier molecular flexibility index (Phi) is 11.1. The van der Waals surface area contributed by atoms with E-state index in [4.69, 9.17) is 9.47 Å². The van der Waals surface area contributed by atoms with Crippen LogP contribution < -0.4 is 21.3 Å². The monoisotopic (exact) mass is 644 g/mol. The van der Waals surface area contributed by atoms with Crippen LogP contribution in [-0.2, 0) is 35.1 Å². The van der Waals surface area contributed by atoms with Gasteiger partial charge in [0.05, 0.1) is 19.1 Å². The van der Waals surface area contributed by atoms with E-state index in [1.165, 1.54) is 18.9 Å². The second-order valence-electron chi connectivity index (χ2n) is 14.0. The molecular weight excluding hydrogens is 596 g/mol. The molecular formula is C33H48N4O7S. The van der Waals surface area contributed by atoms with E-state index in [1.54, 1.807) is 20.8 Å². The van der Waals surface area contributed by atoms with E-state index in [-0.39, 0.29) is 24.8 Å². The standard InChI is InChI=1S/C33H48N4O7S/c1-31(2,3)44-30(42)36-24(11-12-45-5)27(39)34-19-26(38)35-25(14-21-9-7-6-8-10-21)28(40)37-33-17-22-13-23(18-33)16-32(15-22,20-33)29(41)43-4/h6-10,22-25H,11-20H2,1-5H3,(H,34,39)(H,35,38)(H,36,42)(H,37,40)/t22?,23?,24-,25+,32?,33?/m1/s1. The fourth-order valence-electron chi connectivity index (χ4n) is 7.76. The molecule has 0 radical (unpaired) electrons. The van der Waals surface area contributed by atoms with Gasteiger partial charge in [-0.15, -0.1) is 0 Å². The highest BCUT2D eigenvalue weighted by atomic mass is 32.2. The van der Waals surface area contributed by atoms with Gasteiger partial charge in [0.15, 0.2) is 0 Å². The van der Waals surface area contributed by atoms with Crippen LogP contribution in [0, 0.1) is 17.3 Å². The molecule has 0 aromatic heterocycles. The van der Waals surface area contributed by atoms with Gasteiger partial charge in [-0.1, -0.05) is 30.3 Å². The predicted molar refractivity (Wildman–Crippen MR) is 171 cm³/mol. The van der Waals surface area contributed by atoms with Gasteiger partial charge in [-0.2, -0.15) is 11.8 Å². The number of alkyl carbamates (subject to hydrolysis) is 1. The van der Waals surface area contributed by atoms with Gasteiger partial charge in [0.1, 0.15) is 17.7 Å². The molecule has 4 aliphatic carbocycles. The number of amides is 4. The average molecular weight is 645 g/mol. The maximum Gasteiger partial charge on any atom is 0.408 e. The minimum absolute atomic E-state index is 0.197. The van der Waals surface area contributed by atoms with Crippen LogP contribution in [0.15, 0.2) is 30.3 Å². The van der Waals surface area contributed by atoms with Gasteiger partial charge < -0.3 is 30.7 Å². The number of carbonyl (C=O) groups excluding carboxylic acids is 5. The lowest BCUT2D eigenvalue weighted by atomic mass is 9.47. The van der Waals surface area contributed by atoms with Crippen LogP contribution in [0.3, 0.4) is 0 Å². The average Bonchev–Trinajstić information content (AvgIpc) is 2.95. The van der Waals surface area contributed by atoms with Crippen molar-refractivity contribution in [3.63, 3.8) is 0 Å². The highest BCUT2D eigenvalue weighted by Gasteiger charge is 2.61. The third-order valence-corrected chi connectivity index (χ3v) is 9.69. The molecule has 0 spiro atoms. The van der Waals surface area contributed by atoms with Crippen molar-refractivity contribution in [1.29, 1.82) is 0 Å². The summed E-state index contributed by atoms with van der Waals surface area (Å²) in [7, 11) is 1.43. The van der Waals surface area contributed by atoms with Crippen LogP contribution in [0.4, 0.5) is 4.79 Å². The molecule has 2 unspecified atom stereocenters. The van der Waals surface area contributed by atoms with Crippen LogP contribution in [0.5, 0.6) is 0 Å². The molecule has 0 aliphatic heterocycles. The first-order chi connectivity index (χ1) is 21.2. The van der Waals surface area contributed by atoms with Gasteiger partial charge in [0.25, 0.3) is 0 Å². The largest absolute Gasteiger partial charge is 0.469 e. The lowest BCUT2D eigenvalue weighted by Gasteiger charge is -2.60. The second kappa shape index (κ2) is 14.4. The normalized spacial score (nSPS) is 26.2. The number of nitrogens with one attached hydrogen (secondary N) is 4. The van der Waals surface area contributed by atoms with Crippen LogP contribution in [0.2, 0.25) is 0 Å². The summed E-state index contributed by atoms with van der Waals surface area (Å²) >= 11 is 1.53. The first kappa shape index (κ1) is 34.6. The van der Waals surface area contributed by atoms with Crippen molar-refractivity contribution in [2.75, 3.05) is 25.7 Å². The number of methoxy groups -OCH3 is 1. The summed E-state index contributed by atoms with van der Waals surface area (Å²) in [4.78, 5) is 65.3. The summed E-state index contributed by atoms with van der Waals surface area (Å²) in [5.41, 5.74) is -0.956. The molecule has 4 saturated carbocycles. The van der Waals surface area contributed by atoms with Crippen molar-refractivity contribution < 1.29 is 33.4 Å². The predicted octanol–water partition coefficient (Wildman–Crippen LogP) is 3.10. The quantitative estimate of drug-likeness (QED) is 0.239. The molecule has 4 N–H and O–H groups in total. The Hall–Kier alpha value is -3.28. The highest BCUT2D eigenvalue weighted by molar-refractivity contribution is 7.98. The van der Waals surface area contributed by atoms with Gasteiger partial charge in [0, 0.05) is 12.0 Å². The first-order valence-electron chi connectivity index (χ1n) is 15.8. The molecule has 4 amide bonds. The number of ether oxygens (including phenoxy) is 2. The maximum atomic E-state index is 13.9. The molecule has 0 saturated heterocycles. The van der Waals surface area contributed by atoms with Crippen molar-refractivity contribution in [2.45, 2.75) is 95.4 Å². The van der Waals surface area contributed by atoms with Crippen molar-refractivity contribution in [2.24, 2.45) is 17.3 Å². The Morgan fingerprint density at radius 3 is 2.22 bits per heavy atom. The number of carbonyl (C=O) groups is 5. The zero-order chi connectivity index (χ0) is 32.8. The zero-order valence-electron chi connectivity index (χ0n) is 27.0. The maximum absolute atomic E-state index is 13.9. The molecule has 4 fully saturated rings. The summed E-state index contributed by atoms with van der Waals surface area (Å²) in [5, 5.41) is 11.3. The third-order valence-electron chi connectivity index (χ3n) is 9.04. The molecule has 11 nitrogen and oxygen atoms in total. The Bertz CT molecular complexity index is 1240.